The number of nitrogens with one attached hydrogen (secondary N) is 1. The maximum absolute atomic E-state index is 3.78. The molecule has 2 heteroatoms. The predicted octanol–water partition coefficient (Wildman–Crippen LogP) is 4.48. The zero-order valence-corrected chi connectivity index (χ0v) is 13.9. The summed E-state index contributed by atoms with van der Waals surface area (Å²) in [5.74, 6) is 0. The summed E-state index contributed by atoms with van der Waals surface area (Å²) < 4.78 is 0. The molecule has 1 N–H and O–H groups in total. The lowest BCUT2D eigenvalue weighted by Crippen LogP contribution is -2.39. The van der Waals surface area contributed by atoms with Crippen LogP contribution in [0.15, 0.2) is 35.9 Å². The first-order chi connectivity index (χ1) is 10.2. The lowest BCUT2D eigenvalue weighted by Gasteiger charge is -2.32. The lowest BCUT2D eigenvalue weighted by molar-refractivity contribution is 0.240. The van der Waals surface area contributed by atoms with Gasteiger partial charge < -0.3 is 5.32 Å². The summed E-state index contributed by atoms with van der Waals surface area (Å²) in [6.45, 7) is 10.1. The predicted molar refractivity (Wildman–Crippen MR) is 93.0 cm³/mol. The SMILES string of the molecule is CCCc1ccccc1NC1CCN(CC=C(C)C)CC1. The first kappa shape index (κ1) is 16.1. The Morgan fingerprint density at radius 3 is 2.62 bits per heavy atom. The van der Waals surface area contributed by atoms with Gasteiger partial charge in [-0.3, -0.25) is 4.90 Å². The summed E-state index contributed by atoms with van der Waals surface area (Å²) in [7, 11) is 0. The molecule has 1 aromatic rings. The van der Waals surface area contributed by atoms with Crippen molar-refractivity contribution in [1.82, 2.24) is 4.90 Å². The summed E-state index contributed by atoms with van der Waals surface area (Å²) in [5, 5.41) is 3.78. The van der Waals surface area contributed by atoms with Crippen molar-refractivity contribution in [3.8, 4) is 0 Å². The molecular formula is C19H30N2. The second kappa shape index (κ2) is 8.23. The fraction of sp³-hybridized carbons (Fsp3) is 0.579. The van der Waals surface area contributed by atoms with Gasteiger partial charge in [-0.25, -0.2) is 0 Å². The fourth-order valence-electron chi connectivity index (χ4n) is 2.94. The summed E-state index contributed by atoms with van der Waals surface area (Å²) in [6.07, 6.45) is 7.21. The molecule has 0 aliphatic carbocycles. The molecule has 0 radical (unpaired) electrons. The van der Waals surface area contributed by atoms with E-state index < -0.39 is 0 Å². The molecule has 2 nitrogen and oxygen atoms in total. The molecule has 1 aromatic carbocycles. The Bertz CT molecular complexity index is 452. The van der Waals surface area contributed by atoms with Crippen LogP contribution in [0.5, 0.6) is 0 Å². The van der Waals surface area contributed by atoms with Crippen LogP contribution < -0.4 is 5.32 Å². The van der Waals surface area contributed by atoms with Crippen LogP contribution in [0.25, 0.3) is 0 Å². The Kier molecular flexibility index (Phi) is 6.31. The number of aryl methyl sites for hydroxylation is 1. The standard InChI is InChI=1S/C19H30N2/c1-4-7-17-8-5-6-9-19(17)20-18-11-14-21(15-12-18)13-10-16(2)3/h5-6,8-10,18,20H,4,7,11-15H2,1-3H3. The van der Waals surface area contributed by atoms with Crippen LogP contribution in [-0.2, 0) is 6.42 Å². The van der Waals surface area contributed by atoms with Crippen LogP contribution in [0, 0.1) is 0 Å². The van der Waals surface area contributed by atoms with Gasteiger partial charge in [-0.15, -0.1) is 0 Å². The van der Waals surface area contributed by atoms with Crippen molar-refractivity contribution in [2.24, 2.45) is 0 Å². The molecule has 0 aromatic heterocycles. The van der Waals surface area contributed by atoms with E-state index in [9.17, 15) is 0 Å². The number of hydrogen-bond donors (Lipinski definition) is 1. The molecular weight excluding hydrogens is 256 g/mol. The Morgan fingerprint density at radius 2 is 1.95 bits per heavy atom. The van der Waals surface area contributed by atoms with Gasteiger partial charge >= 0.3 is 0 Å². The first-order valence-corrected chi connectivity index (χ1v) is 8.39. The van der Waals surface area contributed by atoms with Gasteiger partial charge in [0.25, 0.3) is 0 Å². The molecule has 1 fully saturated rings. The smallest absolute Gasteiger partial charge is 0.0374 e. The number of hydrogen-bond acceptors (Lipinski definition) is 2. The number of anilines is 1. The van der Waals surface area contributed by atoms with Crippen LogP contribution in [0.1, 0.15) is 45.6 Å². The van der Waals surface area contributed by atoms with Crippen LogP contribution >= 0.6 is 0 Å². The molecule has 1 aliphatic rings. The second-order valence-electron chi connectivity index (χ2n) is 6.41. The van der Waals surface area contributed by atoms with E-state index in [0.717, 1.165) is 6.54 Å². The fourth-order valence-corrected chi connectivity index (χ4v) is 2.94. The quantitative estimate of drug-likeness (QED) is 0.776. The Morgan fingerprint density at radius 1 is 1.24 bits per heavy atom. The number of piperidine rings is 1. The van der Waals surface area contributed by atoms with E-state index in [1.54, 1.807) is 0 Å². The number of nitrogens with zero attached hydrogens (tertiary/aromatic N) is 1. The number of allylic oxidation sites excluding steroid dienone is 1. The van der Waals surface area contributed by atoms with Gasteiger partial charge in [0.15, 0.2) is 0 Å². The molecule has 0 atom stereocenters. The van der Waals surface area contributed by atoms with Crippen LogP contribution in [0.2, 0.25) is 0 Å². The van der Waals surface area contributed by atoms with E-state index in [1.165, 1.54) is 55.6 Å². The minimum atomic E-state index is 0.631. The highest BCUT2D eigenvalue weighted by molar-refractivity contribution is 5.51. The van der Waals surface area contributed by atoms with E-state index in [0.29, 0.717) is 6.04 Å². The molecule has 0 amide bonds. The third-order valence-corrected chi connectivity index (χ3v) is 4.24. The third kappa shape index (κ3) is 5.20. The second-order valence-corrected chi connectivity index (χ2v) is 6.41. The Hall–Kier alpha value is -1.28. The van der Waals surface area contributed by atoms with E-state index in [1.807, 2.05) is 0 Å². The third-order valence-electron chi connectivity index (χ3n) is 4.24. The number of likely N-dealkylation sites (tertiary alicyclic amines) is 1. The van der Waals surface area contributed by atoms with Crippen molar-refractivity contribution in [1.29, 1.82) is 0 Å². The van der Waals surface area contributed by atoms with Crippen LogP contribution in [0.3, 0.4) is 0 Å². The van der Waals surface area contributed by atoms with Crippen molar-refractivity contribution in [3.05, 3.63) is 41.5 Å². The Labute approximate surface area is 130 Å². The molecule has 1 saturated heterocycles. The number of rotatable bonds is 6. The maximum Gasteiger partial charge on any atom is 0.0374 e. The van der Waals surface area contributed by atoms with E-state index in [2.05, 4.69) is 61.3 Å². The molecule has 116 valence electrons. The molecule has 0 unspecified atom stereocenters. The monoisotopic (exact) mass is 286 g/mol. The molecule has 0 spiro atoms. The maximum atomic E-state index is 3.78. The molecule has 21 heavy (non-hydrogen) atoms. The number of benzene rings is 1. The van der Waals surface area contributed by atoms with Crippen molar-refractivity contribution >= 4 is 5.69 Å². The van der Waals surface area contributed by atoms with Crippen molar-refractivity contribution in [3.63, 3.8) is 0 Å². The summed E-state index contributed by atoms with van der Waals surface area (Å²) >= 11 is 0. The van der Waals surface area contributed by atoms with Gasteiger partial charge in [0.05, 0.1) is 0 Å². The van der Waals surface area contributed by atoms with Gasteiger partial charge in [-0.05, 0) is 44.7 Å². The summed E-state index contributed by atoms with van der Waals surface area (Å²) in [4.78, 5) is 2.56. The van der Waals surface area contributed by atoms with Crippen LogP contribution in [-0.4, -0.2) is 30.6 Å². The average molecular weight is 286 g/mol. The summed E-state index contributed by atoms with van der Waals surface area (Å²) in [5.41, 5.74) is 4.23. The molecule has 0 saturated carbocycles. The molecule has 1 heterocycles. The molecule has 0 bridgehead atoms. The first-order valence-electron chi connectivity index (χ1n) is 8.39. The van der Waals surface area contributed by atoms with Crippen molar-refractivity contribution in [2.45, 2.75) is 52.5 Å². The van der Waals surface area contributed by atoms with E-state index >= 15 is 0 Å². The summed E-state index contributed by atoms with van der Waals surface area (Å²) in [6, 6.07) is 9.42. The molecule has 1 aliphatic heterocycles. The van der Waals surface area contributed by atoms with E-state index in [4.69, 9.17) is 0 Å². The average Bonchev–Trinajstić information content (AvgIpc) is 2.49. The number of para-hydroxylation sites is 1. The highest BCUT2D eigenvalue weighted by Crippen LogP contribution is 2.21. The van der Waals surface area contributed by atoms with Gasteiger partial charge in [-0.1, -0.05) is 43.2 Å². The van der Waals surface area contributed by atoms with Gasteiger partial charge in [-0.2, -0.15) is 0 Å². The topological polar surface area (TPSA) is 15.3 Å². The molecule has 2 rings (SSSR count). The van der Waals surface area contributed by atoms with Gasteiger partial charge in [0.2, 0.25) is 0 Å². The largest absolute Gasteiger partial charge is 0.382 e. The highest BCUT2D eigenvalue weighted by atomic mass is 15.1. The van der Waals surface area contributed by atoms with E-state index in [-0.39, 0.29) is 0 Å². The van der Waals surface area contributed by atoms with Gasteiger partial charge in [0, 0.05) is 31.4 Å². The normalized spacial score (nSPS) is 16.7. The van der Waals surface area contributed by atoms with Crippen molar-refractivity contribution in [2.75, 3.05) is 25.0 Å². The van der Waals surface area contributed by atoms with Gasteiger partial charge in [0.1, 0.15) is 0 Å². The lowest BCUT2D eigenvalue weighted by atomic mass is 10.0. The highest BCUT2D eigenvalue weighted by Gasteiger charge is 2.18. The van der Waals surface area contributed by atoms with Crippen LogP contribution in [0.4, 0.5) is 5.69 Å². The Balaban J connectivity index is 1.85. The minimum absolute atomic E-state index is 0.631. The van der Waals surface area contributed by atoms with Crippen molar-refractivity contribution < 1.29 is 0 Å². The zero-order valence-electron chi connectivity index (χ0n) is 13.9. The minimum Gasteiger partial charge on any atom is -0.382 e. The zero-order chi connectivity index (χ0) is 15.1.